The average Bonchev–Trinajstić information content (AvgIpc) is 2.18. The molecular weight excluding hydrogens is 174 g/mol. The molecule has 0 aromatic heterocycles. The fourth-order valence-electron chi connectivity index (χ4n) is 2.04. The topological polar surface area (TPSA) is 35.2 Å². The first kappa shape index (κ1) is 12.0. The average molecular weight is 199 g/mol. The summed E-state index contributed by atoms with van der Waals surface area (Å²) in [5.74, 6) is 1.47. The lowest BCUT2D eigenvalue weighted by atomic mass is 9.79. The van der Waals surface area contributed by atoms with Crippen molar-refractivity contribution in [1.29, 1.82) is 0 Å². The largest absolute Gasteiger partial charge is 0.373 e. The van der Waals surface area contributed by atoms with Gasteiger partial charge in [-0.25, -0.2) is 0 Å². The highest BCUT2D eigenvalue weighted by molar-refractivity contribution is 4.87. The van der Waals surface area contributed by atoms with Crippen molar-refractivity contribution in [3.63, 3.8) is 0 Å². The first-order valence-electron chi connectivity index (χ1n) is 5.92. The van der Waals surface area contributed by atoms with Gasteiger partial charge < -0.3 is 10.5 Å². The Morgan fingerprint density at radius 1 is 1.36 bits per heavy atom. The first-order chi connectivity index (χ1) is 6.58. The van der Waals surface area contributed by atoms with Crippen LogP contribution < -0.4 is 5.73 Å². The second-order valence-corrected chi connectivity index (χ2v) is 5.27. The minimum absolute atomic E-state index is 0.0107. The third kappa shape index (κ3) is 3.25. The maximum Gasteiger partial charge on any atom is 0.0804 e. The van der Waals surface area contributed by atoms with E-state index in [9.17, 15) is 0 Å². The van der Waals surface area contributed by atoms with Crippen LogP contribution in [0.25, 0.3) is 0 Å². The van der Waals surface area contributed by atoms with Gasteiger partial charge in [-0.2, -0.15) is 0 Å². The molecule has 0 aliphatic heterocycles. The molecule has 2 heteroatoms. The van der Waals surface area contributed by atoms with Crippen LogP contribution in [-0.2, 0) is 4.74 Å². The molecule has 1 aliphatic rings. The molecule has 0 heterocycles. The van der Waals surface area contributed by atoms with Crippen molar-refractivity contribution < 1.29 is 4.74 Å². The Kier molecular flexibility index (Phi) is 4.39. The molecule has 1 rings (SSSR count). The summed E-state index contributed by atoms with van der Waals surface area (Å²) in [6.45, 7) is 8.24. The lowest BCUT2D eigenvalue weighted by Crippen LogP contribution is -2.44. The van der Waals surface area contributed by atoms with Crippen LogP contribution in [-0.4, -0.2) is 18.8 Å². The van der Waals surface area contributed by atoms with Crippen LogP contribution in [0.4, 0.5) is 0 Å². The van der Waals surface area contributed by atoms with E-state index in [1.54, 1.807) is 0 Å². The zero-order chi connectivity index (χ0) is 10.6. The Morgan fingerprint density at radius 2 is 1.93 bits per heavy atom. The molecular formula is C12H25NO. The van der Waals surface area contributed by atoms with E-state index in [2.05, 4.69) is 20.8 Å². The molecule has 84 valence electrons. The van der Waals surface area contributed by atoms with Crippen molar-refractivity contribution >= 4 is 0 Å². The van der Waals surface area contributed by atoms with E-state index < -0.39 is 0 Å². The van der Waals surface area contributed by atoms with Crippen LogP contribution in [0.1, 0.15) is 46.5 Å². The number of hydrogen-bond acceptors (Lipinski definition) is 2. The lowest BCUT2D eigenvalue weighted by Gasteiger charge is -2.39. The molecule has 2 N–H and O–H groups in total. The van der Waals surface area contributed by atoms with Crippen LogP contribution in [0.3, 0.4) is 0 Å². The van der Waals surface area contributed by atoms with Gasteiger partial charge >= 0.3 is 0 Å². The van der Waals surface area contributed by atoms with Crippen molar-refractivity contribution in [3.8, 4) is 0 Å². The monoisotopic (exact) mass is 199 g/mol. The van der Waals surface area contributed by atoms with Gasteiger partial charge in [0.1, 0.15) is 0 Å². The third-order valence-electron chi connectivity index (χ3n) is 3.28. The SMILES string of the molecule is CC(C)COC1(CN)CCC(C)CC1. The van der Waals surface area contributed by atoms with Crippen molar-refractivity contribution in [2.24, 2.45) is 17.6 Å². The summed E-state index contributed by atoms with van der Waals surface area (Å²) in [6, 6.07) is 0. The fourth-order valence-corrected chi connectivity index (χ4v) is 2.04. The lowest BCUT2D eigenvalue weighted by molar-refractivity contribution is -0.0794. The zero-order valence-corrected chi connectivity index (χ0v) is 9.88. The molecule has 0 radical (unpaired) electrons. The number of ether oxygens (including phenoxy) is 1. The van der Waals surface area contributed by atoms with Gasteiger partial charge in [-0.05, 0) is 37.5 Å². The number of hydrogen-bond donors (Lipinski definition) is 1. The molecule has 0 aromatic carbocycles. The van der Waals surface area contributed by atoms with Crippen LogP contribution in [0.2, 0.25) is 0 Å². The second-order valence-electron chi connectivity index (χ2n) is 5.27. The summed E-state index contributed by atoms with van der Waals surface area (Å²) in [5, 5.41) is 0. The van der Waals surface area contributed by atoms with Gasteiger partial charge in [0.05, 0.1) is 5.60 Å². The minimum atomic E-state index is 0.0107. The summed E-state index contributed by atoms with van der Waals surface area (Å²) in [5.41, 5.74) is 5.86. The Balaban J connectivity index is 2.41. The van der Waals surface area contributed by atoms with Crippen molar-refractivity contribution in [1.82, 2.24) is 0 Å². The molecule has 1 aliphatic carbocycles. The summed E-state index contributed by atoms with van der Waals surface area (Å²) < 4.78 is 6.00. The zero-order valence-electron chi connectivity index (χ0n) is 9.88. The van der Waals surface area contributed by atoms with Crippen molar-refractivity contribution in [2.45, 2.75) is 52.1 Å². The van der Waals surface area contributed by atoms with E-state index in [-0.39, 0.29) is 5.60 Å². The molecule has 0 spiro atoms. The first-order valence-corrected chi connectivity index (χ1v) is 5.92. The van der Waals surface area contributed by atoms with E-state index >= 15 is 0 Å². The van der Waals surface area contributed by atoms with Gasteiger partial charge in [0.25, 0.3) is 0 Å². The quantitative estimate of drug-likeness (QED) is 0.755. The molecule has 0 aromatic rings. The van der Waals surface area contributed by atoms with E-state index in [0.29, 0.717) is 12.5 Å². The Labute approximate surface area is 88.2 Å². The van der Waals surface area contributed by atoms with Crippen LogP contribution in [0.15, 0.2) is 0 Å². The van der Waals surface area contributed by atoms with E-state index in [0.717, 1.165) is 25.4 Å². The molecule has 0 amide bonds. The predicted molar refractivity (Wildman–Crippen MR) is 60.2 cm³/mol. The highest BCUT2D eigenvalue weighted by atomic mass is 16.5. The molecule has 2 nitrogen and oxygen atoms in total. The van der Waals surface area contributed by atoms with Gasteiger partial charge in [-0.15, -0.1) is 0 Å². The highest BCUT2D eigenvalue weighted by Gasteiger charge is 2.33. The van der Waals surface area contributed by atoms with E-state index in [4.69, 9.17) is 10.5 Å². The molecule has 0 unspecified atom stereocenters. The molecule has 0 bridgehead atoms. The normalized spacial score (nSPS) is 33.6. The van der Waals surface area contributed by atoms with Gasteiger partial charge in [0.15, 0.2) is 0 Å². The maximum atomic E-state index is 6.00. The molecule has 14 heavy (non-hydrogen) atoms. The van der Waals surface area contributed by atoms with E-state index in [1.807, 2.05) is 0 Å². The predicted octanol–water partition coefficient (Wildman–Crippen LogP) is 2.57. The van der Waals surface area contributed by atoms with Gasteiger partial charge in [0, 0.05) is 13.2 Å². The summed E-state index contributed by atoms with van der Waals surface area (Å²) in [7, 11) is 0. The Bertz CT molecular complexity index is 160. The fraction of sp³-hybridized carbons (Fsp3) is 1.00. The van der Waals surface area contributed by atoms with Crippen LogP contribution >= 0.6 is 0 Å². The molecule has 1 saturated carbocycles. The van der Waals surface area contributed by atoms with Crippen LogP contribution in [0.5, 0.6) is 0 Å². The molecule has 0 saturated heterocycles. The third-order valence-corrected chi connectivity index (χ3v) is 3.28. The molecule has 1 fully saturated rings. The minimum Gasteiger partial charge on any atom is -0.373 e. The number of rotatable bonds is 4. The van der Waals surface area contributed by atoms with Crippen LogP contribution in [0, 0.1) is 11.8 Å². The highest BCUT2D eigenvalue weighted by Crippen LogP contribution is 2.34. The standard InChI is InChI=1S/C12H25NO/c1-10(2)8-14-12(9-13)6-4-11(3)5-7-12/h10-11H,4-9,13H2,1-3H3. The summed E-state index contributed by atoms with van der Waals surface area (Å²) in [6.07, 6.45) is 4.85. The van der Waals surface area contributed by atoms with Crippen molar-refractivity contribution in [2.75, 3.05) is 13.2 Å². The van der Waals surface area contributed by atoms with Gasteiger partial charge in [0.2, 0.25) is 0 Å². The Morgan fingerprint density at radius 3 is 2.36 bits per heavy atom. The van der Waals surface area contributed by atoms with E-state index in [1.165, 1.54) is 12.8 Å². The second kappa shape index (κ2) is 5.13. The number of nitrogens with two attached hydrogens (primary N) is 1. The molecule has 0 atom stereocenters. The smallest absolute Gasteiger partial charge is 0.0804 e. The van der Waals surface area contributed by atoms with Gasteiger partial charge in [-0.1, -0.05) is 20.8 Å². The van der Waals surface area contributed by atoms with Gasteiger partial charge in [-0.3, -0.25) is 0 Å². The Hall–Kier alpha value is -0.0800. The summed E-state index contributed by atoms with van der Waals surface area (Å²) >= 11 is 0. The summed E-state index contributed by atoms with van der Waals surface area (Å²) in [4.78, 5) is 0. The maximum absolute atomic E-state index is 6.00. The van der Waals surface area contributed by atoms with Crippen molar-refractivity contribution in [3.05, 3.63) is 0 Å².